The van der Waals surface area contributed by atoms with Crippen molar-refractivity contribution >= 4 is 29.4 Å². The molecule has 0 aliphatic heterocycles. The highest BCUT2D eigenvalue weighted by Gasteiger charge is 2.10. The number of nitrogens with zero attached hydrogens (tertiary/aromatic N) is 3. The predicted molar refractivity (Wildman–Crippen MR) is 98.6 cm³/mol. The third-order valence-corrected chi connectivity index (χ3v) is 4.29. The van der Waals surface area contributed by atoms with E-state index in [1.54, 1.807) is 31.6 Å². The van der Waals surface area contributed by atoms with Crippen LogP contribution in [0.1, 0.15) is 0 Å². The van der Waals surface area contributed by atoms with Crippen LogP contribution in [0.25, 0.3) is 11.3 Å². The fourth-order valence-electron chi connectivity index (χ4n) is 2.16. The van der Waals surface area contributed by atoms with E-state index in [1.807, 2.05) is 30.3 Å². The highest BCUT2D eigenvalue weighted by molar-refractivity contribution is 7.99. The summed E-state index contributed by atoms with van der Waals surface area (Å²) in [6.45, 7) is 0. The van der Waals surface area contributed by atoms with Crippen LogP contribution in [-0.4, -0.2) is 28.0 Å². The number of carbonyl (C=O) groups is 1. The van der Waals surface area contributed by atoms with Crippen molar-refractivity contribution in [2.75, 3.05) is 17.7 Å². The number of nitrogens with one attached hydrogen (secondary N) is 2. The quantitative estimate of drug-likeness (QED) is 0.651. The molecule has 0 radical (unpaired) electrons. The average molecular weight is 352 g/mol. The fourth-order valence-corrected chi connectivity index (χ4v) is 3.05. The van der Waals surface area contributed by atoms with E-state index in [4.69, 9.17) is 5.73 Å². The van der Waals surface area contributed by atoms with Gasteiger partial charge in [0.05, 0.1) is 5.69 Å². The topological polar surface area (TPSA) is 106 Å². The average Bonchev–Trinajstić information content (AvgIpc) is 2.63. The summed E-state index contributed by atoms with van der Waals surface area (Å²) in [7, 11) is 1.78. The monoisotopic (exact) mass is 352 g/mol. The molecule has 0 saturated carbocycles. The van der Waals surface area contributed by atoms with Gasteiger partial charge in [-0.3, -0.25) is 0 Å². The van der Waals surface area contributed by atoms with E-state index >= 15 is 0 Å². The first kappa shape index (κ1) is 16.7. The van der Waals surface area contributed by atoms with Crippen LogP contribution in [0.2, 0.25) is 0 Å². The minimum atomic E-state index is -0.587. The van der Waals surface area contributed by atoms with Crippen molar-refractivity contribution in [3.05, 3.63) is 54.9 Å². The molecule has 0 atom stereocenters. The highest BCUT2D eigenvalue weighted by Crippen LogP contribution is 2.34. The number of hydrogen-bond acceptors (Lipinski definition) is 6. The molecule has 3 rings (SSSR count). The number of nitrogens with two attached hydrogens (primary N) is 1. The van der Waals surface area contributed by atoms with Crippen LogP contribution >= 0.6 is 11.8 Å². The Kier molecular flexibility index (Phi) is 5.10. The molecular formula is C17H16N6OS. The zero-order chi connectivity index (χ0) is 17.6. The first-order valence-corrected chi connectivity index (χ1v) is 8.28. The van der Waals surface area contributed by atoms with Crippen molar-refractivity contribution in [2.45, 2.75) is 9.92 Å². The Morgan fingerprint density at radius 3 is 2.60 bits per heavy atom. The lowest BCUT2D eigenvalue weighted by Gasteiger charge is -2.09. The lowest BCUT2D eigenvalue weighted by molar-refractivity contribution is 0.259. The second-order valence-electron chi connectivity index (χ2n) is 4.99. The number of benzene rings is 1. The molecule has 0 saturated heterocycles. The standard InChI is InChI=1S/C17H16N6OS/c1-19-17-21-10-8-14(23-17)13-3-2-9-20-15(13)25-12-6-4-11(5-7-12)22-16(18)24/h2-10H,1H3,(H3,18,22,24)(H,19,21,23). The molecule has 25 heavy (non-hydrogen) atoms. The molecule has 4 N–H and O–H groups in total. The SMILES string of the molecule is CNc1nccc(-c2cccnc2Sc2ccc(NC(N)=O)cc2)n1. The molecule has 2 amide bonds. The maximum Gasteiger partial charge on any atom is 0.316 e. The molecule has 0 aliphatic carbocycles. The van der Waals surface area contributed by atoms with E-state index in [0.29, 0.717) is 11.6 Å². The Bertz CT molecular complexity index is 884. The molecule has 126 valence electrons. The van der Waals surface area contributed by atoms with Gasteiger partial charge in [0.2, 0.25) is 5.95 Å². The molecule has 0 aliphatic rings. The van der Waals surface area contributed by atoms with Crippen LogP contribution in [-0.2, 0) is 0 Å². The van der Waals surface area contributed by atoms with Crippen molar-refractivity contribution in [1.29, 1.82) is 0 Å². The van der Waals surface area contributed by atoms with Gasteiger partial charge in [-0.05, 0) is 42.5 Å². The number of rotatable bonds is 5. The molecule has 0 unspecified atom stereocenters. The van der Waals surface area contributed by atoms with E-state index in [1.165, 1.54) is 11.8 Å². The van der Waals surface area contributed by atoms with Crippen molar-refractivity contribution in [1.82, 2.24) is 15.0 Å². The van der Waals surface area contributed by atoms with Gasteiger partial charge < -0.3 is 16.4 Å². The van der Waals surface area contributed by atoms with Gasteiger partial charge in [-0.25, -0.2) is 19.7 Å². The van der Waals surface area contributed by atoms with E-state index in [2.05, 4.69) is 25.6 Å². The smallest absolute Gasteiger partial charge is 0.316 e. The van der Waals surface area contributed by atoms with Crippen molar-refractivity contribution < 1.29 is 4.79 Å². The number of pyridine rings is 1. The van der Waals surface area contributed by atoms with Crippen LogP contribution < -0.4 is 16.4 Å². The van der Waals surface area contributed by atoms with Crippen LogP contribution in [0.3, 0.4) is 0 Å². The molecule has 8 heteroatoms. The van der Waals surface area contributed by atoms with Crippen molar-refractivity contribution in [3.8, 4) is 11.3 Å². The summed E-state index contributed by atoms with van der Waals surface area (Å²) >= 11 is 1.51. The third kappa shape index (κ3) is 4.24. The van der Waals surface area contributed by atoms with Crippen LogP contribution in [0.4, 0.5) is 16.4 Å². The number of aromatic nitrogens is 3. The maximum absolute atomic E-state index is 10.9. The highest BCUT2D eigenvalue weighted by atomic mass is 32.2. The molecule has 0 fully saturated rings. The number of hydrogen-bond donors (Lipinski definition) is 3. The summed E-state index contributed by atoms with van der Waals surface area (Å²) in [5.74, 6) is 0.555. The Morgan fingerprint density at radius 2 is 1.88 bits per heavy atom. The van der Waals surface area contributed by atoms with Gasteiger partial charge in [-0.1, -0.05) is 11.8 Å². The number of amides is 2. The Morgan fingerprint density at radius 1 is 1.08 bits per heavy atom. The minimum absolute atomic E-state index is 0.555. The van der Waals surface area contributed by atoms with E-state index in [-0.39, 0.29) is 0 Å². The maximum atomic E-state index is 10.9. The molecule has 0 spiro atoms. The summed E-state index contributed by atoms with van der Waals surface area (Å²) in [6.07, 6.45) is 3.45. The molecule has 7 nitrogen and oxygen atoms in total. The first-order chi connectivity index (χ1) is 12.2. The fraction of sp³-hybridized carbons (Fsp3) is 0.0588. The van der Waals surface area contributed by atoms with Crippen LogP contribution in [0.5, 0.6) is 0 Å². The Labute approximate surface area is 149 Å². The summed E-state index contributed by atoms with van der Waals surface area (Å²) in [5, 5.41) is 6.30. The Hall–Kier alpha value is -3.13. The van der Waals surface area contributed by atoms with E-state index in [9.17, 15) is 4.79 Å². The zero-order valence-electron chi connectivity index (χ0n) is 13.4. The Balaban J connectivity index is 1.87. The summed E-state index contributed by atoms with van der Waals surface area (Å²) < 4.78 is 0. The van der Waals surface area contributed by atoms with E-state index < -0.39 is 6.03 Å². The summed E-state index contributed by atoms with van der Waals surface area (Å²) in [6, 6.07) is 12.5. The van der Waals surface area contributed by atoms with Gasteiger partial charge in [0, 0.05) is 35.6 Å². The summed E-state index contributed by atoms with van der Waals surface area (Å²) in [5.41, 5.74) is 7.47. The van der Waals surface area contributed by atoms with Crippen molar-refractivity contribution in [3.63, 3.8) is 0 Å². The molecule has 2 aromatic heterocycles. The van der Waals surface area contributed by atoms with Gasteiger partial charge in [-0.2, -0.15) is 0 Å². The van der Waals surface area contributed by atoms with Gasteiger partial charge in [-0.15, -0.1) is 0 Å². The van der Waals surface area contributed by atoms with E-state index in [0.717, 1.165) is 21.2 Å². The normalized spacial score (nSPS) is 10.3. The molecule has 0 bridgehead atoms. The summed E-state index contributed by atoms with van der Waals surface area (Å²) in [4.78, 5) is 24.9. The molecule has 1 aromatic carbocycles. The second-order valence-corrected chi connectivity index (χ2v) is 6.05. The number of carbonyl (C=O) groups excluding carboxylic acids is 1. The number of anilines is 2. The van der Waals surface area contributed by atoms with Crippen LogP contribution in [0, 0.1) is 0 Å². The van der Waals surface area contributed by atoms with Gasteiger partial charge >= 0.3 is 6.03 Å². The van der Waals surface area contributed by atoms with Gasteiger partial charge in [0.25, 0.3) is 0 Å². The van der Waals surface area contributed by atoms with Crippen LogP contribution in [0.15, 0.2) is 64.8 Å². The van der Waals surface area contributed by atoms with Crippen molar-refractivity contribution in [2.24, 2.45) is 5.73 Å². The third-order valence-electron chi connectivity index (χ3n) is 3.26. The zero-order valence-corrected chi connectivity index (χ0v) is 14.2. The number of primary amides is 1. The lowest BCUT2D eigenvalue weighted by Crippen LogP contribution is -2.19. The largest absolute Gasteiger partial charge is 0.357 e. The molecule has 2 heterocycles. The minimum Gasteiger partial charge on any atom is -0.357 e. The first-order valence-electron chi connectivity index (χ1n) is 7.46. The predicted octanol–water partition coefficient (Wildman–Crippen LogP) is 3.22. The molecular weight excluding hydrogens is 336 g/mol. The lowest BCUT2D eigenvalue weighted by atomic mass is 10.2. The number of urea groups is 1. The van der Waals surface area contributed by atoms with Gasteiger partial charge in [0.15, 0.2) is 0 Å². The second kappa shape index (κ2) is 7.63. The van der Waals surface area contributed by atoms with Gasteiger partial charge in [0.1, 0.15) is 5.03 Å². The molecule has 3 aromatic rings.